The molecule has 0 aliphatic heterocycles. The second kappa shape index (κ2) is 4.96. The van der Waals surface area contributed by atoms with Crippen LogP contribution in [0.25, 0.3) is 0 Å². The Kier molecular flexibility index (Phi) is 3.85. The Morgan fingerprint density at radius 3 is 3.00 bits per heavy atom. The first kappa shape index (κ1) is 9.30. The minimum atomic E-state index is 0.150. The maximum Gasteiger partial charge on any atom is 0.246 e. The molecule has 0 saturated carbocycles. The van der Waals surface area contributed by atoms with E-state index in [-0.39, 0.29) is 5.91 Å². The Morgan fingerprint density at radius 2 is 2.42 bits per heavy atom. The van der Waals surface area contributed by atoms with E-state index in [4.69, 9.17) is 0 Å². The van der Waals surface area contributed by atoms with Gasteiger partial charge in [-0.1, -0.05) is 13.0 Å². The minimum absolute atomic E-state index is 0.150. The van der Waals surface area contributed by atoms with Gasteiger partial charge in [0.1, 0.15) is 0 Å². The molecule has 1 aliphatic carbocycles. The summed E-state index contributed by atoms with van der Waals surface area (Å²) in [4.78, 5) is 11.4. The summed E-state index contributed by atoms with van der Waals surface area (Å²) in [6.07, 6.45) is 7.55. The first-order valence-electron chi connectivity index (χ1n) is 4.82. The molecule has 2 nitrogen and oxygen atoms in total. The molecule has 0 saturated heterocycles. The van der Waals surface area contributed by atoms with Gasteiger partial charge in [-0.05, 0) is 32.1 Å². The highest BCUT2D eigenvalue weighted by molar-refractivity contribution is 5.93. The lowest BCUT2D eigenvalue weighted by atomic mass is 9.99. The van der Waals surface area contributed by atoms with Crippen LogP contribution in [0, 0.1) is 0 Å². The van der Waals surface area contributed by atoms with E-state index < -0.39 is 0 Å². The van der Waals surface area contributed by atoms with E-state index in [9.17, 15) is 4.79 Å². The van der Waals surface area contributed by atoms with Gasteiger partial charge in [-0.3, -0.25) is 4.79 Å². The second-order valence-corrected chi connectivity index (χ2v) is 3.23. The van der Waals surface area contributed by atoms with Gasteiger partial charge in [0.2, 0.25) is 5.91 Å². The fourth-order valence-corrected chi connectivity index (χ4v) is 1.40. The zero-order valence-corrected chi connectivity index (χ0v) is 7.73. The summed E-state index contributed by atoms with van der Waals surface area (Å²) < 4.78 is 0. The Labute approximate surface area is 74.0 Å². The van der Waals surface area contributed by atoms with Gasteiger partial charge in [-0.2, -0.15) is 0 Å². The molecule has 0 aromatic rings. The molecule has 1 aliphatic rings. The molecule has 0 heterocycles. The van der Waals surface area contributed by atoms with Crippen LogP contribution < -0.4 is 5.32 Å². The van der Waals surface area contributed by atoms with Crippen LogP contribution in [-0.2, 0) is 4.79 Å². The normalized spacial score (nSPS) is 16.9. The van der Waals surface area contributed by atoms with Gasteiger partial charge in [0.25, 0.3) is 0 Å². The highest BCUT2D eigenvalue weighted by atomic mass is 16.1. The highest BCUT2D eigenvalue weighted by Gasteiger charge is 2.10. The van der Waals surface area contributed by atoms with E-state index in [1.807, 2.05) is 0 Å². The molecular weight excluding hydrogens is 150 g/mol. The quantitative estimate of drug-likeness (QED) is 0.684. The van der Waals surface area contributed by atoms with Crippen molar-refractivity contribution in [3.63, 3.8) is 0 Å². The molecule has 1 amide bonds. The largest absolute Gasteiger partial charge is 0.352 e. The standard InChI is InChI=1S/C10H17NO/c1-2-8-11-10(12)9-6-4-3-5-7-9/h6H,2-5,7-8H2,1H3,(H,11,12). The van der Waals surface area contributed by atoms with E-state index in [0.29, 0.717) is 0 Å². The average molecular weight is 167 g/mol. The van der Waals surface area contributed by atoms with Gasteiger partial charge >= 0.3 is 0 Å². The van der Waals surface area contributed by atoms with Crippen LogP contribution in [0.4, 0.5) is 0 Å². The third-order valence-corrected chi connectivity index (χ3v) is 2.12. The summed E-state index contributed by atoms with van der Waals surface area (Å²) in [5.41, 5.74) is 0.995. The second-order valence-electron chi connectivity index (χ2n) is 3.23. The zero-order chi connectivity index (χ0) is 8.81. The first-order valence-corrected chi connectivity index (χ1v) is 4.82. The SMILES string of the molecule is CCCNC(=O)C1=CCCCC1. The van der Waals surface area contributed by atoms with Crippen LogP contribution in [0.5, 0.6) is 0 Å². The van der Waals surface area contributed by atoms with E-state index in [1.165, 1.54) is 12.8 Å². The first-order chi connectivity index (χ1) is 5.84. The molecule has 0 fully saturated rings. The van der Waals surface area contributed by atoms with Crippen molar-refractivity contribution in [1.82, 2.24) is 5.32 Å². The Balaban J connectivity index is 2.35. The van der Waals surface area contributed by atoms with Crippen molar-refractivity contribution in [3.8, 4) is 0 Å². The molecule has 0 aromatic carbocycles. The predicted molar refractivity (Wildman–Crippen MR) is 49.9 cm³/mol. The van der Waals surface area contributed by atoms with E-state index in [2.05, 4.69) is 18.3 Å². The fraction of sp³-hybridized carbons (Fsp3) is 0.700. The molecule has 0 aromatic heterocycles. The molecular formula is C10H17NO. The number of allylic oxidation sites excluding steroid dienone is 1. The van der Waals surface area contributed by atoms with Crippen LogP contribution in [0.15, 0.2) is 11.6 Å². The van der Waals surface area contributed by atoms with Crippen molar-refractivity contribution in [2.45, 2.75) is 39.0 Å². The number of rotatable bonds is 3. The van der Waals surface area contributed by atoms with Crippen molar-refractivity contribution < 1.29 is 4.79 Å². The smallest absolute Gasteiger partial charge is 0.246 e. The number of hydrogen-bond acceptors (Lipinski definition) is 1. The number of hydrogen-bond donors (Lipinski definition) is 1. The van der Waals surface area contributed by atoms with Crippen molar-refractivity contribution in [2.75, 3.05) is 6.54 Å². The van der Waals surface area contributed by atoms with Gasteiger partial charge in [0, 0.05) is 12.1 Å². The van der Waals surface area contributed by atoms with Gasteiger partial charge in [-0.25, -0.2) is 0 Å². The molecule has 68 valence electrons. The van der Waals surface area contributed by atoms with Gasteiger partial charge in [-0.15, -0.1) is 0 Å². The van der Waals surface area contributed by atoms with Gasteiger partial charge in [0.15, 0.2) is 0 Å². The summed E-state index contributed by atoms with van der Waals surface area (Å²) in [6, 6.07) is 0. The van der Waals surface area contributed by atoms with Crippen molar-refractivity contribution in [3.05, 3.63) is 11.6 Å². The zero-order valence-electron chi connectivity index (χ0n) is 7.73. The van der Waals surface area contributed by atoms with Crippen LogP contribution in [0.2, 0.25) is 0 Å². The summed E-state index contributed by atoms with van der Waals surface area (Å²) in [7, 11) is 0. The average Bonchev–Trinajstić information content (AvgIpc) is 2.15. The summed E-state index contributed by atoms with van der Waals surface area (Å²) in [5, 5.41) is 2.89. The molecule has 1 rings (SSSR count). The fourth-order valence-electron chi connectivity index (χ4n) is 1.40. The van der Waals surface area contributed by atoms with Crippen molar-refractivity contribution >= 4 is 5.91 Å². The molecule has 0 bridgehead atoms. The van der Waals surface area contributed by atoms with Gasteiger partial charge in [0.05, 0.1) is 0 Å². The van der Waals surface area contributed by atoms with Crippen LogP contribution in [0.3, 0.4) is 0 Å². The molecule has 1 N–H and O–H groups in total. The van der Waals surface area contributed by atoms with E-state index in [1.54, 1.807) is 0 Å². The highest BCUT2D eigenvalue weighted by Crippen LogP contribution is 2.16. The van der Waals surface area contributed by atoms with Crippen molar-refractivity contribution in [2.24, 2.45) is 0 Å². The lowest BCUT2D eigenvalue weighted by Crippen LogP contribution is -2.26. The maximum absolute atomic E-state index is 11.4. The van der Waals surface area contributed by atoms with Crippen LogP contribution >= 0.6 is 0 Å². The summed E-state index contributed by atoms with van der Waals surface area (Å²) in [5.74, 6) is 0.150. The third kappa shape index (κ3) is 2.68. The lowest BCUT2D eigenvalue weighted by molar-refractivity contribution is -0.117. The summed E-state index contributed by atoms with van der Waals surface area (Å²) >= 11 is 0. The molecule has 2 heteroatoms. The third-order valence-electron chi connectivity index (χ3n) is 2.12. The number of carbonyl (C=O) groups is 1. The van der Waals surface area contributed by atoms with E-state index in [0.717, 1.165) is 31.4 Å². The van der Waals surface area contributed by atoms with E-state index >= 15 is 0 Å². The van der Waals surface area contributed by atoms with Gasteiger partial charge < -0.3 is 5.32 Å². The Morgan fingerprint density at radius 1 is 1.58 bits per heavy atom. The minimum Gasteiger partial charge on any atom is -0.352 e. The number of amides is 1. The molecule has 0 atom stereocenters. The number of nitrogens with one attached hydrogen (secondary N) is 1. The number of carbonyl (C=O) groups excluding carboxylic acids is 1. The Hall–Kier alpha value is -0.790. The van der Waals surface area contributed by atoms with Crippen LogP contribution in [-0.4, -0.2) is 12.5 Å². The lowest BCUT2D eigenvalue weighted by Gasteiger charge is -2.11. The molecule has 0 radical (unpaired) electrons. The monoisotopic (exact) mass is 167 g/mol. The molecule has 0 spiro atoms. The van der Waals surface area contributed by atoms with Crippen LogP contribution in [0.1, 0.15) is 39.0 Å². The molecule has 0 unspecified atom stereocenters. The Bertz CT molecular complexity index is 184. The summed E-state index contributed by atoms with van der Waals surface area (Å²) in [6.45, 7) is 2.87. The maximum atomic E-state index is 11.4. The predicted octanol–water partition coefficient (Wildman–Crippen LogP) is 2.01. The van der Waals surface area contributed by atoms with Crippen molar-refractivity contribution in [1.29, 1.82) is 0 Å². The topological polar surface area (TPSA) is 29.1 Å². The molecule has 12 heavy (non-hydrogen) atoms.